The fraction of sp³-hybridized carbons (Fsp3) is 0.625. The zero-order chi connectivity index (χ0) is 14.3. The summed E-state index contributed by atoms with van der Waals surface area (Å²) < 4.78 is 11.2. The molecule has 1 aliphatic heterocycles. The van der Waals surface area contributed by atoms with E-state index in [1.807, 2.05) is 52.0 Å². The van der Waals surface area contributed by atoms with Crippen molar-refractivity contribution in [3.63, 3.8) is 0 Å². The minimum Gasteiger partial charge on any atom is -0.497 e. The number of ether oxygens (including phenoxy) is 2. The van der Waals surface area contributed by atoms with Gasteiger partial charge in [0.25, 0.3) is 0 Å². The van der Waals surface area contributed by atoms with E-state index < -0.39 is 11.2 Å². The molecule has 0 radical (unpaired) electrons. The summed E-state index contributed by atoms with van der Waals surface area (Å²) in [6.07, 6.45) is 1.20. The first-order chi connectivity index (χ1) is 8.67. The van der Waals surface area contributed by atoms with Crippen LogP contribution in [0, 0.1) is 0 Å². The Morgan fingerprint density at radius 3 is 2.47 bits per heavy atom. The maximum Gasteiger partial charge on any atom is 0.119 e. The van der Waals surface area contributed by atoms with E-state index in [0.29, 0.717) is 12.8 Å². The lowest BCUT2D eigenvalue weighted by Gasteiger charge is -2.35. The Hall–Kier alpha value is -1.06. The van der Waals surface area contributed by atoms with Crippen molar-refractivity contribution in [3.8, 4) is 5.75 Å². The summed E-state index contributed by atoms with van der Waals surface area (Å²) in [5, 5.41) is 11.0. The predicted molar refractivity (Wildman–Crippen MR) is 75.5 cm³/mol. The first-order valence-corrected chi connectivity index (χ1v) is 6.73. The van der Waals surface area contributed by atoms with Crippen molar-refractivity contribution in [2.45, 2.75) is 57.3 Å². The minimum absolute atomic E-state index is 0.295. The van der Waals surface area contributed by atoms with Crippen molar-refractivity contribution in [2.24, 2.45) is 0 Å². The lowest BCUT2D eigenvalue weighted by molar-refractivity contribution is -0.125. The monoisotopic (exact) mass is 264 g/mol. The quantitative estimate of drug-likeness (QED) is 0.912. The van der Waals surface area contributed by atoms with E-state index in [1.165, 1.54) is 0 Å². The Balaban J connectivity index is 2.26. The summed E-state index contributed by atoms with van der Waals surface area (Å²) >= 11 is 0. The highest BCUT2D eigenvalue weighted by Gasteiger charge is 2.56. The third kappa shape index (κ3) is 2.77. The highest BCUT2D eigenvalue weighted by Crippen LogP contribution is 2.46. The Kier molecular flexibility index (Phi) is 3.40. The molecule has 19 heavy (non-hydrogen) atoms. The number of rotatable bonds is 3. The molecule has 1 aromatic rings. The van der Waals surface area contributed by atoms with Crippen LogP contribution in [0.1, 0.15) is 39.7 Å². The molecule has 1 N–H and O–H groups in total. The van der Waals surface area contributed by atoms with Crippen LogP contribution in [0.3, 0.4) is 0 Å². The Morgan fingerprint density at radius 2 is 1.95 bits per heavy atom. The second-order valence-corrected chi connectivity index (χ2v) is 6.61. The molecule has 3 heteroatoms. The molecular formula is C16H24O3. The Morgan fingerprint density at radius 1 is 1.26 bits per heavy atom. The molecule has 0 bridgehead atoms. The van der Waals surface area contributed by atoms with Crippen molar-refractivity contribution < 1.29 is 14.6 Å². The van der Waals surface area contributed by atoms with Crippen molar-refractivity contribution in [3.05, 3.63) is 29.8 Å². The van der Waals surface area contributed by atoms with E-state index in [-0.39, 0.29) is 5.60 Å². The summed E-state index contributed by atoms with van der Waals surface area (Å²) in [5.41, 5.74) is -0.643. The maximum atomic E-state index is 11.0. The van der Waals surface area contributed by atoms with Gasteiger partial charge in [0.1, 0.15) is 5.75 Å². The zero-order valence-electron chi connectivity index (χ0n) is 12.5. The smallest absolute Gasteiger partial charge is 0.119 e. The van der Waals surface area contributed by atoms with Crippen molar-refractivity contribution in [1.29, 1.82) is 0 Å². The summed E-state index contributed by atoms with van der Waals surface area (Å²) in [6, 6.07) is 7.85. The highest BCUT2D eigenvalue weighted by molar-refractivity contribution is 5.30. The van der Waals surface area contributed by atoms with E-state index in [0.717, 1.165) is 11.3 Å². The van der Waals surface area contributed by atoms with E-state index >= 15 is 0 Å². The topological polar surface area (TPSA) is 38.7 Å². The van der Waals surface area contributed by atoms with Crippen LogP contribution in [-0.2, 0) is 11.2 Å². The lowest BCUT2D eigenvalue weighted by atomic mass is 9.78. The molecule has 1 unspecified atom stereocenters. The summed E-state index contributed by atoms with van der Waals surface area (Å²) in [7, 11) is 1.65. The van der Waals surface area contributed by atoms with Gasteiger partial charge in [0.2, 0.25) is 0 Å². The first-order valence-electron chi connectivity index (χ1n) is 6.73. The minimum atomic E-state index is -0.858. The number of methoxy groups -OCH3 is 1. The van der Waals surface area contributed by atoms with Crippen LogP contribution >= 0.6 is 0 Å². The third-order valence-electron chi connectivity index (χ3n) is 4.00. The van der Waals surface area contributed by atoms with Gasteiger partial charge in [0.15, 0.2) is 0 Å². The van der Waals surface area contributed by atoms with Crippen LogP contribution in [0.4, 0.5) is 0 Å². The molecule has 0 spiro atoms. The largest absolute Gasteiger partial charge is 0.497 e. The van der Waals surface area contributed by atoms with Crippen molar-refractivity contribution >= 4 is 0 Å². The second-order valence-electron chi connectivity index (χ2n) is 6.61. The van der Waals surface area contributed by atoms with Gasteiger partial charge in [-0.25, -0.2) is 0 Å². The molecular weight excluding hydrogens is 240 g/mol. The van der Waals surface area contributed by atoms with Crippen LogP contribution in [-0.4, -0.2) is 29.0 Å². The van der Waals surface area contributed by atoms with E-state index in [9.17, 15) is 5.11 Å². The zero-order valence-corrected chi connectivity index (χ0v) is 12.5. The van der Waals surface area contributed by atoms with Crippen LogP contribution in [0.25, 0.3) is 0 Å². The van der Waals surface area contributed by atoms with Gasteiger partial charge in [-0.05, 0) is 45.4 Å². The normalized spacial score (nSPS) is 28.3. The molecule has 0 aliphatic carbocycles. The Bertz CT molecular complexity index is 465. The number of hydrogen-bond acceptors (Lipinski definition) is 3. The average Bonchev–Trinajstić information content (AvgIpc) is 2.42. The second kappa shape index (κ2) is 4.50. The van der Waals surface area contributed by atoms with Gasteiger partial charge in [-0.15, -0.1) is 0 Å². The summed E-state index contributed by atoms with van der Waals surface area (Å²) in [5.74, 6) is 0.817. The number of aliphatic hydroxyl groups is 1. The van der Waals surface area contributed by atoms with Gasteiger partial charge in [0.05, 0.1) is 23.9 Å². The fourth-order valence-corrected chi connectivity index (χ4v) is 3.13. The summed E-state index contributed by atoms with van der Waals surface area (Å²) in [4.78, 5) is 0. The van der Waals surface area contributed by atoms with E-state index in [4.69, 9.17) is 9.47 Å². The SMILES string of the molecule is COc1cccc(CC2(O)CC(C)(C)OC2(C)C)c1. The fourth-order valence-electron chi connectivity index (χ4n) is 3.13. The molecule has 1 aromatic carbocycles. The van der Waals surface area contributed by atoms with E-state index in [2.05, 4.69) is 0 Å². The van der Waals surface area contributed by atoms with Gasteiger partial charge >= 0.3 is 0 Å². The molecule has 1 saturated heterocycles. The number of hydrogen-bond donors (Lipinski definition) is 1. The highest BCUT2D eigenvalue weighted by atomic mass is 16.5. The molecule has 1 heterocycles. The molecule has 3 nitrogen and oxygen atoms in total. The van der Waals surface area contributed by atoms with Gasteiger partial charge < -0.3 is 14.6 Å². The maximum absolute atomic E-state index is 11.0. The predicted octanol–water partition coefficient (Wildman–Crippen LogP) is 2.95. The lowest BCUT2D eigenvalue weighted by Crippen LogP contribution is -2.48. The van der Waals surface area contributed by atoms with Gasteiger partial charge in [-0.3, -0.25) is 0 Å². The molecule has 2 rings (SSSR count). The van der Waals surface area contributed by atoms with Crippen LogP contribution in [0.5, 0.6) is 5.75 Å². The first kappa shape index (κ1) is 14.4. The Labute approximate surface area is 115 Å². The van der Waals surface area contributed by atoms with Crippen molar-refractivity contribution in [1.82, 2.24) is 0 Å². The molecule has 0 amide bonds. The molecule has 0 aromatic heterocycles. The molecule has 1 aliphatic rings. The molecule has 1 fully saturated rings. The molecule has 1 atom stereocenters. The van der Waals surface area contributed by atoms with Crippen LogP contribution < -0.4 is 4.74 Å². The standard InChI is InChI=1S/C16H24O3/c1-14(2)11-16(17,15(3,4)19-14)10-12-7-6-8-13(9-12)18-5/h6-9,17H,10-11H2,1-5H3. The van der Waals surface area contributed by atoms with Crippen LogP contribution in [0.2, 0.25) is 0 Å². The van der Waals surface area contributed by atoms with Crippen LogP contribution in [0.15, 0.2) is 24.3 Å². The molecule has 0 saturated carbocycles. The van der Waals surface area contributed by atoms with Gasteiger partial charge in [-0.2, -0.15) is 0 Å². The van der Waals surface area contributed by atoms with Crippen molar-refractivity contribution in [2.75, 3.05) is 7.11 Å². The van der Waals surface area contributed by atoms with Gasteiger partial charge in [0, 0.05) is 12.8 Å². The summed E-state index contributed by atoms with van der Waals surface area (Å²) in [6.45, 7) is 7.97. The van der Waals surface area contributed by atoms with Gasteiger partial charge in [-0.1, -0.05) is 12.1 Å². The number of benzene rings is 1. The average molecular weight is 264 g/mol. The van der Waals surface area contributed by atoms with E-state index in [1.54, 1.807) is 7.11 Å². The third-order valence-corrected chi connectivity index (χ3v) is 4.00. The molecule has 106 valence electrons.